The van der Waals surface area contributed by atoms with Crippen LogP contribution in [0.25, 0.3) is 22.3 Å². The number of nitro groups is 2. The number of phenolic OH excluding ortho intramolecular Hbond substituents is 1. The molecule has 3 aromatic carbocycles. The molecule has 0 spiro atoms. The first kappa shape index (κ1) is 17.1. The quantitative estimate of drug-likeness (QED) is 0.534. The second kappa shape index (κ2) is 6.64. The number of benzene rings is 3. The summed E-state index contributed by atoms with van der Waals surface area (Å²) in [6, 6.07) is 15.6. The predicted molar refractivity (Wildman–Crippen MR) is 97.0 cm³/mol. The van der Waals surface area contributed by atoms with E-state index in [4.69, 9.17) is 0 Å². The Hall–Kier alpha value is -3.74. The van der Waals surface area contributed by atoms with Crippen molar-refractivity contribution in [2.75, 3.05) is 0 Å². The SMILES string of the molecule is Cc1cccc(-c2cccc(-c3ccccc3[N+](=O)[O-])c2O)c1[N+](=O)[O-]. The minimum absolute atomic E-state index is 0.109. The Morgan fingerprint density at radius 3 is 1.92 bits per heavy atom. The summed E-state index contributed by atoms with van der Waals surface area (Å²) in [7, 11) is 0. The molecule has 3 aromatic rings. The molecule has 130 valence electrons. The van der Waals surface area contributed by atoms with Crippen LogP contribution in [0.1, 0.15) is 5.56 Å². The van der Waals surface area contributed by atoms with Crippen LogP contribution < -0.4 is 0 Å². The van der Waals surface area contributed by atoms with Gasteiger partial charge in [0.05, 0.1) is 21.0 Å². The lowest BCUT2D eigenvalue weighted by atomic mass is 9.94. The lowest BCUT2D eigenvalue weighted by Gasteiger charge is -2.11. The Balaban J connectivity index is 2.28. The van der Waals surface area contributed by atoms with Crippen LogP contribution in [0.15, 0.2) is 60.7 Å². The molecule has 0 fully saturated rings. The molecule has 0 amide bonds. The molecular formula is C19H14N2O5. The maximum Gasteiger partial charge on any atom is 0.280 e. The van der Waals surface area contributed by atoms with E-state index in [1.807, 2.05) is 0 Å². The van der Waals surface area contributed by atoms with Crippen molar-refractivity contribution in [1.29, 1.82) is 0 Å². The van der Waals surface area contributed by atoms with Gasteiger partial charge >= 0.3 is 0 Å². The minimum atomic E-state index is -0.531. The summed E-state index contributed by atoms with van der Waals surface area (Å²) in [5, 5.41) is 33.5. The van der Waals surface area contributed by atoms with Crippen molar-refractivity contribution in [3.63, 3.8) is 0 Å². The minimum Gasteiger partial charge on any atom is -0.507 e. The molecule has 0 bridgehead atoms. The maximum absolute atomic E-state index is 11.5. The normalized spacial score (nSPS) is 10.5. The van der Waals surface area contributed by atoms with Crippen molar-refractivity contribution < 1.29 is 15.0 Å². The summed E-state index contributed by atoms with van der Waals surface area (Å²) in [5.74, 6) is -0.240. The first-order chi connectivity index (χ1) is 12.4. The van der Waals surface area contributed by atoms with Gasteiger partial charge in [-0.25, -0.2) is 0 Å². The van der Waals surface area contributed by atoms with Crippen LogP contribution in [0.5, 0.6) is 5.75 Å². The summed E-state index contributed by atoms with van der Waals surface area (Å²) >= 11 is 0. The molecular weight excluding hydrogens is 336 g/mol. The lowest BCUT2D eigenvalue weighted by molar-refractivity contribution is -0.384. The van der Waals surface area contributed by atoms with Crippen LogP contribution in [-0.4, -0.2) is 15.0 Å². The van der Waals surface area contributed by atoms with E-state index in [-0.39, 0.29) is 39.4 Å². The van der Waals surface area contributed by atoms with Gasteiger partial charge in [0.25, 0.3) is 11.4 Å². The van der Waals surface area contributed by atoms with Crippen LogP contribution in [0.3, 0.4) is 0 Å². The molecule has 0 saturated carbocycles. The number of para-hydroxylation sites is 3. The van der Waals surface area contributed by atoms with Gasteiger partial charge in [0.1, 0.15) is 5.75 Å². The molecule has 0 aliphatic carbocycles. The fourth-order valence-electron chi connectivity index (χ4n) is 2.96. The number of nitrogens with zero attached hydrogens (tertiary/aromatic N) is 2. The molecule has 0 radical (unpaired) electrons. The van der Waals surface area contributed by atoms with Crippen LogP contribution in [0, 0.1) is 27.2 Å². The summed E-state index contributed by atoms with van der Waals surface area (Å²) < 4.78 is 0. The molecule has 7 nitrogen and oxygen atoms in total. The lowest BCUT2D eigenvalue weighted by Crippen LogP contribution is -1.96. The average Bonchev–Trinajstić information content (AvgIpc) is 2.61. The Kier molecular flexibility index (Phi) is 4.36. The second-order valence-electron chi connectivity index (χ2n) is 5.70. The van der Waals surface area contributed by atoms with Crippen molar-refractivity contribution in [2.24, 2.45) is 0 Å². The summed E-state index contributed by atoms with van der Waals surface area (Å²) in [6.07, 6.45) is 0. The van der Waals surface area contributed by atoms with Gasteiger partial charge < -0.3 is 5.11 Å². The standard InChI is InChI=1S/C19H14N2O5/c1-12-6-4-8-14(18(12)21(25)26)16-10-5-9-15(19(16)22)13-7-2-3-11-17(13)20(23)24/h2-11,22H,1H3. The zero-order valence-corrected chi connectivity index (χ0v) is 13.7. The summed E-state index contributed by atoms with van der Waals surface area (Å²) in [5.41, 5.74) is 1.19. The molecule has 0 atom stereocenters. The van der Waals surface area contributed by atoms with Crippen molar-refractivity contribution in [2.45, 2.75) is 6.92 Å². The Morgan fingerprint density at radius 2 is 1.27 bits per heavy atom. The number of aromatic hydroxyl groups is 1. The Bertz CT molecular complexity index is 1030. The summed E-state index contributed by atoms with van der Waals surface area (Å²) in [6.45, 7) is 1.62. The zero-order valence-electron chi connectivity index (χ0n) is 13.7. The highest BCUT2D eigenvalue weighted by Crippen LogP contribution is 2.44. The maximum atomic E-state index is 11.5. The zero-order chi connectivity index (χ0) is 18.8. The molecule has 1 N–H and O–H groups in total. The third-order valence-electron chi connectivity index (χ3n) is 4.14. The molecule has 0 aliphatic rings. The van der Waals surface area contributed by atoms with Gasteiger partial charge in [0.2, 0.25) is 0 Å². The number of rotatable bonds is 4. The topological polar surface area (TPSA) is 107 Å². The van der Waals surface area contributed by atoms with E-state index in [2.05, 4.69) is 0 Å². The van der Waals surface area contributed by atoms with Gasteiger partial charge in [-0.1, -0.05) is 42.5 Å². The van der Waals surface area contributed by atoms with E-state index < -0.39 is 9.85 Å². The van der Waals surface area contributed by atoms with E-state index in [1.54, 1.807) is 49.4 Å². The molecule has 26 heavy (non-hydrogen) atoms. The highest BCUT2D eigenvalue weighted by atomic mass is 16.6. The third-order valence-corrected chi connectivity index (χ3v) is 4.14. The Labute approximate surface area is 148 Å². The van der Waals surface area contributed by atoms with E-state index in [0.717, 1.165) is 0 Å². The average molecular weight is 350 g/mol. The number of nitro benzene ring substituents is 2. The van der Waals surface area contributed by atoms with E-state index in [9.17, 15) is 25.3 Å². The molecule has 3 rings (SSSR count). The van der Waals surface area contributed by atoms with Gasteiger partial charge in [0, 0.05) is 22.8 Å². The molecule has 0 aliphatic heterocycles. The molecule has 0 heterocycles. The second-order valence-corrected chi connectivity index (χ2v) is 5.70. The fourth-order valence-corrected chi connectivity index (χ4v) is 2.96. The Morgan fingerprint density at radius 1 is 0.731 bits per heavy atom. The van der Waals surface area contributed by atoms with Crippen molar-refractivity contribution in [3.8, 4) is 28.0 Å². The van der Waals surface area contributed by atoms with Crippen LogP contribution in [-0.2, 0) is 0 Å². The smallest absolute Gasteiger partial charge is 0.280 e. The molecule has 0 saturated heterocycles. The van der Waals surface area contributed by atoms with E-state index >= 15 is 0 Å². The van der Waals surface area contributed by atoms with Gasteiger partial charge in [0.15, 0.2) is 0 Å². The van der Waals surface area contributed by atoms with Gasteiger partial charge in [-0.3, -0.25) is 20.2 Å². The summed E-state index contributed by atoms with van der Waals surface area (Å²) in [4.78, 5) is 21.7. The van der Waals surface area contributed by atoms with Crippen LogP contribution in [0.2, 0.25) is 0 Å². The van der Waals surface area contributed by atoms with Gasteiger partial charge in [-0.15, -0.1) is 0 Å². The fraction of sp³-hybridized carbons (Fsp3) is 0.0526. The van der Waals surface area contributed by atoms with Gasteiger partial charge in [-0.05, 0) is 19.1 Å². The van der Waals surface area contributed by atoms with Crippen molar-refractivity contribution in [3.05, 3.63) is 86.5 Å². The molecule has 7 heteroatoms. The highest BCUT2D eigenvalue weighted by Gasteiger charge is 2.23. The van der Waals surface area contributed by atoms with Crippen molar-refractivity contribution >= 4 is 11.4 Å². The van der Waals surface area contributed by atoms with Crippen molar-refractivity contribution in [1.82, 2.24) is 0 Å². The number of hydrogen-bond donors (Lipinski definition) is 1. The monoisotopic (exact) mass is 350 g/mol. The highest BCUT2D eigenvalue weighted by molar-refractivity contribution is 5.88. The first-order valence-electron chi connectivity index (χ1n) is 7.72. The van der Waals surface area contributed by atoms with Crippen LogP contribution >= 0.6 is 0 Å². The first-order valence-corrected chi connectivity index (χ1v) is 7.72. The van der Waals surface area contributed by atoms with E-state index in [1.165, 1.54) is 18.2 Å². The molecule has 0 aromatic heterocycles. The number of aryl methyl sites for hydroxylation is 1. The number of phenols is 1. The predicted octanol–water partition coefficient (Wildman–Crippen LogP) is 4.85. The number of hydrogen-bond acceptors (Lipinski definition) is 5. The van der Waals surface area contributed by atoms with Crippen LogP contribution in [0.4, 0.5) is 11.4 Å². The molecule has 0 unspecified atom stereocenters. The largest absolute Gasteiger partial charge is 0.507 e. The third kappa shape index (κ3) is 2.86. The van der Waals surface area contributed by atoms with Gasteiger partial charge in [-0.2, -0.15) is 0 Å². The van der Waals surface area contributed by atoms with E-state index in [0.29, 0.717) is 5.56 Å².